The van der Waals surface area contributed by atoms with Gasteiger partial charge < -0.3 is 10.6 Å². The number of amides is 2. The fourth-order valence-electron chi connectivity index (χ4n) is 5.34. The van der Waals surface area contributed by atoms with E-state index in [0.717, 1.165) is 0 Å². The van der Waals surface area contributed by atoms with Crippen LogP contribution in [0.1, 0.15) is 11.1 Å². The molecule has 46 heavy (non-hydrogen) atoms. The Morgan fingerprint density at radius 2 is 0.783 bits per heavy atom. The third-order valence-electron chi connectivity index (χ3n) is 7.46. The number of nitrogens with zero attached hydrogens (tertiary/aromatic N) is 2. The number of hydrogen-bond donors (Lipinski definition) is 2. The number of anilines is 2. The van der Waals surface area contributed by atoms with E-state index < -0.39 is 23.4 Å². The van der Waals surface area contributed by atoms with Gasteiger partial charge in [-0.3, -0.25) is 29.0 Å². The summed E-state index contributed by atoms with van der Waals surface area (Å²) in [6.45, 7) is 0.508. The van der Waals surface area contributed by atoms with Crippen LogP contribution in [-0.4, -0.2) is 46.4 Å². The lowest BCUT2D eigenvalue weighted by Crippen LogP contribution is -2.30. The Labute approximate surface area is 276 Å². The number of benzene rings is 4. The van der Waals surface area contributed by atoms with Crippen molar-refractivity contribution in [2.45, 2.75) is 0 Å². The highest BCUT2D eigenvalue weighted by atomic mass is 32.1. The molecule has 2 aliphatic heterocycles. The molecule has 2 N–H and O–H groups in total. The van der Waals surface area contributed by atoms with Crippen LogP contribution in [-0.2, 0) is 19.2 Å². The number of hydrogen-bond acceptors (Lipinski definition) is 8. The minimum atomic E-state index is -0.725. The molecule has 0 aliphatic carbocycles. The fraction of sp³-hybridized carbons (Fsp3) is 0.0556. The second kappa shape index (κ2) is 13.2. The first-order valence-electron chi connectivity index (χ1n) is 14.4. The smallest absolute Gasteiger partial charge is 0.304 e. The molecule has 4 aromatic rings. The molecule has 0 spiro atoms. The molecule has 2 aliphatic rings. The summed E-state index contributed by atoms with van der Waals surface area (Å²) in [5, 5.41) is 6.61. The summed E-state index contributed by atoms with van der Waals surface area (Å²) in [5.41, 5.74) is 3.39. The predicted molar refractivity (Wildman–Crippen MR) is 186 cm³/mol. The van der Waals surface area contributed by atoms with Crippen molar-refractivity contribution in [2.75, 3.05) is 22.9 Å². The van der Waals surface area contributed by atoms with Crippen molar-refractivity contribution in [1.29, 1.82) is 0 Å². The maximum Gasteiger partial charge on any atom is 0.304 e. The van der Waals surface area contributed by atoms with Crippen molar-refractivity contribution >= 4 is 80.6 Å². The number of para-hydroxylation sites is 2. The molecular formula is C36H26N4O4S2. The highest BCUT2D eigenvalue weighted by molar-refractivity contribution is 7.81. The van der Waals surface area contributed by atoms with Gasteiger partial charge in [-0.05, 0) is 35.4 Å². The Bertz CT molecular complexity index is 1800. The van der Waals surface area contributed by atoms with E-state index >= 15 is 0 Å². The highest BCUT2D eigenvalue weighted by Crippen LogP contribution is 2.31. The Balaban J connectivity index is 1.31. The van der Waals surface area contributed by atoms with Crippen LogP contribution in [0.5, 0.6) is 0 Å². The molecule has 6 rings (SSSR count). The van der Waals surface area contributed by atoms with E-state index in [1.165, 1.54) is 9.80 Å². The summed E-state index contributed by atoms with van der Waals surface area (Å²) in [7, 11) is 0. The van der Waals surface area contributed by atoms with Crippen LogP contribution in [0.15, 0.2) is 132 Å². The highest BCUT2D eigenvalue weighted by Gasteiger charge is 2.43. The summed E-state index contributed by atoms with van der Waals surface area (Å²) in [4.78, 5) is 55.7. The van der Waals surface area contributed by atoms with Crippen molar-refractivity contribution in [2.24, 2.45) is 0 Å². The fourth-order valence-corrected chi connectivity index (χ4v) is 6.10. The number of carbonyl (C=O) groups excluding carboxylic acids is 4. The van der Waals surface area contributed by atoms with E-state index in [9.17, 15) is 19.2 Å². The standard InChI is InChI=1S/C36H26N4O4S2/c41-31-27(35(45)39(33(31)43)25-17-9-3-10-18-25)29(23-13-5-1-6-14-23)37-21-22-38-30(24-15-7-2-8-16-24)28-32(42)34(44)40(36(28)46)26-19-11-4-12-20-26/h1-20,37-38H,21-22H2/b29-27+,30-28+. The SMILES string of the molecule is O=C1C(=O)N(c2ccccc2)C(=S)/C1=C(/NCCN/C(=C1\C(=O)C(=O)N(c2ccccc2)C1=S)c1ccccc1)c1ccccc1. The first kappa shape index (κ1) is 30.4. The zero-order chi connectivity index (χ0) is 32.2. The van der Waals surface area contributed by atoms with E-state index in [-0.39, 0.29) is 34.2 Å². The molecule has 0 bridgehead atoms. The van der Waals surface area contributed by atoms with Crippen LogP contribution < -0.4 is 20.4 Å². The molecule has 10 heteroatoms. The maximum atomic E-state index is 13.4. The van der Waals surface area contributed by atoms with Gasteiger partial charge in [0.2, 0.25) is 0 Å². The van der Waals surface area contributed by atoms with Gasteiger partial charge >= 0.3 is 11.8 Å². The summed E-state index contributed by atoms with van der Waals surface area (Å²) >= 11 is 11.4. The number of carbonyl (C=O) groups is 4. The van der Waals surface area contributed by atoms with E-state index in [2.05, 4.69) is 10.6 Å². The van der Waals surface area contributed by atoms with E-state index in [4.69, 9.17) is 24.4 Å². The molecule has 0 radical (unpaired) electrons. The second-order valence-corrected chi connectivity index (χ2v) is 11.1. The molecule has 4 aromatic carbocycles. The van der Waals surface area contributed by atoms with Crippen LogP contribution in [0.3, 0.4) is 0 Å². The average molecular weight is 643 g/mol. The van der Waals surface area contributed by atoms with Crippen LogP contribution in [0, 0.1) is 0 Å². The molecule has 2 saturated heterocycles. The van der Waals surface area contributed by atoms with E-state index in [0.29, 0.717) is 33.9 Å². The van der Waals surface area contributed by atoms with Crippen LogP contribution in [0.2, 0.25) is 0 Å². The molecule has 226 valence electrons. The monoisotopic (exact) mass is 642 g/mol. The predicted octanol–water partition coefficient (Wildman–Crippen LogP) is 4.87. The zero-order valence-corrected chi connectivity index (χ0v) is 25.9. The van der Waals surface area contributed by atoms with Gasteiger partial charge in [0.05, 0.1) is 33.9 Å². The summed E-state index contributed by atoms with van der Waals surface area (Å²) in [6, 6.07) is 35.9. The summed E-state index contributed by atoms with van der Waals surface area (Å²) in [6.07, 6.45) is 0. The zero-order valence-electron chi connectivity index (χ0n) is 24.3. The normalized spacial score (nSPS) is 17.1. The number of nitrogens with one attached hydrogen (secondary N) is 2. The van der Waals surface area contributed by atoms with Crippen LogP contribution in [0.4, 0.5) is 11.4 Å². The number of thiocarbonyl (C=S) groups is 2. The van der Waals surface area contributed by atoms with Gasteiger partial charge in [0.1, 0.15) is 9.98 Å². The first-order chi connectivity index (χ1) is 22.4. The average Bonchev–Trinajstić information content (AvgIpc) is 3.45. The Morgan fingerprint density at radius 1 is 0.478 bits per heavy atom. The molecule has 2 heterocycles. The number of ketones is 2. The Hall–Kier alpha value is -5.58. The third-order valence-corrected chi connectivity index (χ3v) is 8.24. The lowest BCUT2D eigenvalue weighted by molar-refractivity contribution is -0.132. The van der Waals surface area contributed by atoms with Crippen molar-refractivity contribution in [3.05, 3.63) is 144 Å². The molecule has 2 fully saturated rings. The van der Waals surface area contributed by atoms with Gasteiger partial charge in [0.25, 0.3) is 11.6 Å². The quantitative estimate of drug-likeness (QED) is 0.116. The molecule has 0 unspecified atom stereocenters. The molecular weight excluding hydrogens is 617 g/mol. The first-order valence-corrected chi connectivity index (χ1v) is 15.2. The number of Topliss-reactive ketones (excluding diaryl/α,β-unsaturated/α-hetero) is 2. The van der Waals surface area contributed by atoms with Gasteiger partial charge in [0, 0.05) is 13.1 Å². The van der Waals surface area contributed by atoms with Crippen molar-refractivity contribution in [1.82, 2.24) is 10.6 Å². The Kier molecular flexibility index (Phi) is 8.73. The van der Waals surface area contributed by atoms with Crippen molar-refractivity contribution in [3.63, 3.8) is 0 Å². The summed E-state index contributed by atoms with van der Waals surface area (Å²) < 4.78 is 0. The molecule has 0 aromatic heterocycles. The Morgan fingerprint density at radius 3 is 1.11 bits per heavy atom. The van der Waals surface area contributed by atoms with Gasteiger partial charge in [0.15, 0.2) is 0 Å². The van der Waals surface area contributed by atoms with Crippen molar-refractivity contribution in [3.8, 4) is 0 Å². The van der Waals surface area contributed by atoms with Gasteiger partial charge in [-0.25, -0.2) is 0 Å². The van der Waals surface area contributed by atoms with E-state index in [1.54, 1.807) is 48.5 Å². The second-order valence-electron chi connectivity index (χ2n) is 10.3. The van der Waals surface area contributed by atoms with Gasteiger partial charge in [-0.15, -0.1) is 0 Å². The minimum absolute atomic E-state index is 0.105. The number of rotatable bonds is 9. The van der Waals surface area contributed by atoms with E-state index in [1.807, 2.05) is 72.8 Å². The largest absolute Gasteiger partial charge is 0.382 e. The summed E-state index contributed by atoms with van der Waals surface area (Å²) in [5.74, 6) is -2.86. The molecule has 0 atom stereocenters. The van der Waals surface area contributed by atoms with Crippen molar-refractivity contribution < 1.29 is 19.2 Å². The lowest BCUT2D eigenvalue weighted by Gasteiger charge is -2.19. The molecule has 8 nitrogen and oxygen atoms in total. The maximum absolute atomic E-state index is 13.4. The van der Waals surface area contributed by atoms with Crippen LogP contribution in [0.25, 0.3) is 11.4 Å². The molecule has 2 amide bonds. The van der Waals surface area contributed by atoms with Gasteiger partial charge in [-0.1, -0.05) is 121 Å². The molecule has 0 saturated carbocycles. The minimum Gasteiger partial charge on any atom is -0.382 e. The lowest BCUT2D eigenvalue weighted by atomic mass is 10.0. The van der Waals surface area contributed by atoms with Crippen LogP contribution >= 0.6 is 24.4 Å². The third kappa shape index (κ3) is 5.67. The topological polar surface area (TPSA) is 98.8 Å². The van der Waals surface area contributed by atoms with Gasteiger partial charge in [-0.2, -0.15) is 0 Å².